The minimum Gasteiger partial charge on any atom is -0.481 e. The average Bonchev–Trinajstić information content (AvgIpc) is 2.39. The molecule has 0 atom stereocenters. The summed E-state index contributed by atoms with van der Waals surface area (Å²) in [5, 5.41) is 16.2. The van der Waals surface area contributed by atoms with E-state index in [1.165, 1.54) is 13.2 Å². The first-order chi connectivity index (χ1) is 8.58. The van der Waals surface area contributed by atoms with Gasteiger partial charge in [-0.2, -0.15) is 0 Å². The lowest BCUT2D eigenvalue weighted by Crippen LogP contribution is -2.27. The van der Waals surface area contributed by atoms with Crippen molar-refractivity contribution in [3.05, 3.63) is 17.8 Å². The number of methoxy groups -OCH3 is 1. The molecule has 0 fully saturated rings. The van der Waals surface area contributed by atoms with E-state index in [9.17, 15) is 9.59 Å². The number of rotatable bonds is 6. The first-order valence-electron chi connectivity index (χ1n) is 5.47. The highest BCUT2D eigenvalue weighted by Gasteiger charge is 2.11. The number of hydrogen-bond donors (Lipinski definition) is 1. The third-order valence-electron chi connectivity index (χ3n) is 2.35. The Morgan fingerprint density at radius 2 is 2.11 bits per heavy atom. The van der Waals surface area contributed by atoms with Gasteiger partial charge in [-0.1, -0.05) is 0 Å². The zero-order valence-electron chi connectivity index (χ0n) is 10.3. The lowest BCUT2D eigenvalue weighted by Gasteiger charge is -2.20. The predicted octanol–water partition coefficient (Wildman–Crippen LogP) is 0.564. The van der Waals surface area contributed by atoms with Crippen molar-refractivity contribution in [3.8, 4) is 0 Å². The van der Waals surface area contributed by atoms with Crippen molar-refractivity contribution in [1.82, 2.24) is 10.2 Å². The highest BCUT2D eigenvalue weighted by atomic mass is 16.5. The van der Waals surface area contributed by atoms with Gasteiger partial charge < -0.3 is 14.7 Å². The molecule has 0 spiro atoms. The Hall–Kier alpha value is -2.18. The molecule has 0 radical (unpaired) electrons. The molecule has 0 aromatic carbocycles. The van der Waals surface area contributed by atoms with Crippen LogP contribution in [0.15, 0.2) is 12.1 Å². The van der Waals surface area contributed by atoms with Crippen LogP contribution in [0.5, 0.6) is 0 Å². The fourth-order valence-corrected chi connectivity index (χ4v) is 1.37. The molecule has 0 aliphatic carbocycles. The van der Waals surface area contributed by atoms with Crippen LogP contribution in [0.2, 0.25) is 0 Å². The molecule has 0 aliphatic heterocycles. The number of carboxylic acid groups (broad SMARTS) is 1. The van der Waals surface area contributed by atoms with Crippen LogP contribution >= 0.6 is 0 Å². The van der Waals surface area contributed by atoms with Gasteiger partial charge in [0.1, 0.15) is 0 Å². The lowest BCUT2D eigenvalue weighted by atomic mass is 10.3. The van der Waals surface area contributed by atoms with E-state index in [4.69, 9.17) is 5.11 Å². The minimum atomic E-state index is -0.868. The van der Waals surface area contributed by atoms with Gasteiger partial charge in [-0.25, -0.2) is 4.79 Å². The largest absolute Gasteiger partial charge is 0.481 e. The molecule has 1 aromatic heterocycles. The van der Waals surface area contributed by atoms with Crippen molar-refractivity contribution in [2.75, 3.05) is 25.1 Å². The molecule has 0 unspecified atom stereocenters. The van der Waals surface area contributed by atoms with E-state index in [1.54, 1.807) is 11.0 Å². The molecule has 0 aliphatic rings. The third kappa shape index (κ3) is 3.69. The number of aliphatic carboxylic acids is 1. The molecular weight excluding hydrogens is 238 g/mol. The molecular formula is C11H15N3O4. The van der Waals surface area contributed by atoms with Gasteiger partial charge in [-0.15, -0.1) is 10.2 Å². The molecule has 98 valence electrons. The summed E-state index contributed by atoms with van der Waals surface area (Å²) in [5.74, 6) is -0.887. The summed E-state index contributed by atoms with van der Waals surface area (Å²) in [6.45, 7) is 2.84. The van der Waals surface area contributed by atoms with Crippen molar-refractivity contribution in [3.63, 3.8) is 0 Å². The quantitative estimate of drug-likeness (QED) is 0.740. The second kappa shape index (κ2) is 6.53. The topological polar surface area (TPSA) is 92.6 Å². The third-order valence-corrected chi connectivity index (χ3v) is 2.35. The van der Waals surface area contributed by atoms with Gasteiger partial charge in [0.25, 0.3) is 0 Å². The number of ether oxygens (including phenoxy) is 1. The van der Waals surface area contributed by atoms with Crippen LogP contribution in [0.25, 0.3) is 0 Å². The molecule has 1 N–H and O–H groups in total. The summed E-state index contributed by atoms with van der Waals surface area (Å²) in [6.07, 6.45) is 0.0221. The molecule has 0 bridgehead atoms. The van der Waals surface area contributed by atoms with Gasteiger partial charge in [-0.3, -0.25) is 4.79 Å². The summed E-state index contributed by atoms with van der Waals surface area (Å²) < 4.78 is 4.51. The number of carbonyl (C=O) groups is 2. The minimum absolute atomic E-state index is 0.0221. The van der Waals surface area contributed by atoms with Crippen molar-refractivity contribution >= 4 is 17.8 Å². The molecule has 18 heavy (non-hydrogen) atoms. The number of aromatic nitrogens is 2. The van der Waals surface area contributed by atoms with Crippen molar-refractivity contribution in [2.45, 2.75) is 13.3 Å². The molecule has 7 heteroatoms. The predicted molar refractivity (Wildman–Crippen MR) is 63.5 cm³/mol. The van der Waals surface area contributed by atoms with Crippen LogP contribution in [-0.2, 0) is 9.53 Å². The van der Waals surface area contributed by atoms with E-state index in [2.05, 4.69) is 14.9 Å². The summed E-state index contributed by atoms with van der Waals surface area (Å²) in [6, 6.07) is 3.11. The van der Waals surface area contributed by atoms with Crippen molar-refractivity contribution in [2.24, 2.45) is 0 Å². The lowest BCUT2D eigenvalue weighted by molar-refractivity contribution is -0.136. The van der Waals surface area contributed by atoms with E-state index in [-0.39, 0.29) is 12.1 Å². The van der Waals surface area contributed by atoms with E-state index < -0.39 is 11.9 Å². The molecule has 7 nitrogen and oxygen atoms in total. The van der Waals surface area contributed by atoms with Crippen molar-refractivity contribution < 1.29 is 19.4 Å². The van der Waals surface area contributed by atoms with E-state index in [1.807, 2.05) is 6.92 Å². The van der Waals surface area contributed by atoms with Gasteiger partial charge in [0, 0.05) is 13.1 Å². The zero-order valence-corrected chi connectivity index (χ0v) is 10.3. The summed E-state index contributed by atoms with van der Waals surface area (Å²) >= 11 is 0. The smallest absolute Gasteiger partial charge is 0.358 e. The maximum Gasteiger partial charge on any atom is 0.358 e. The molecule has 1 rings (SSSR count). The van der Waals surface area contributed by atoms with Gasteiger partial charge in [0.05, 0.1) is 13.5 Å². The molecule has 0 saturated heterocycles. The molecule has 0 amide bonds. The fourth-order valence-electron chi connectivity index (χ4n) is 1.37. The standard InChI is InChI=1S/C11H15N3O4/c1-3-14(7-6-10(15)16)9-5-4-8(12-13-9)11(17)18-2/h4-5H,3,6-7H2,1-2H3,(H,15,16). The maximum absolute atomic E-state index is 11.2. The Balaban J connectivity index is 2.75. The number of anilines is 1. The number of hydrogen-bond acceptors (Lipinski definition) is 6. The maximum atomic E-state index is 11.2. The summed E-state index contributed by atoms with van der Waals surface area (Å²) in [4.78, 5) is 23.4. The van der Waals surface area contributed by atoms with Crippen LogP contribution in [-0.4, -0.2) is 47.4 Å². The van der Waals surface area contributed by atoms with Crippen LogP contribution in [0.3, 0.4) is 0 Å². The Morgan fingerprint density at radius 3 is 2.56 bits per heavy atom. The average molecular weight is 253 g/mol. The van der Waals surface area contributed by atoms with Crippen molar-refractivity contribution in [1.29, 1.82) is 0 Å². The number of esters is 1. The number of carbonyl (C=O) groups excluding carboxylic acids is 1. The monoisotopic (exact) mass is 253 g/mol. The normalized spacial score (nSPS) is 9.89. The second-order valence-corrected chi connectivity index (χ2v) is 3.49. The first-order valence-corrected chi connectivity index (χ1v) is 5.47. The number of carboxylic acids is 1. The SMILES string of the molecule is CCN(CCC(=O)O)c1ccc(C(=O)OC)nn1. The Labute approximate surface area is 104 Å². The zero-order chi connectivity index (χ0) is 13.5. The highest BCUT2D eigenvalue weighted by Crippen LogP contribution is 2.10. The Morgan fingerprint density at radius 1 is 1.39 bits per heavy atom. The second-order valence-electron chi connectivity index (χ2n) is 3.49. The summed E-state index contributed by atoms with van der Waals surface area (Å²) in [7, 11) is 1.27. The number of nitrogens with zero attached hydrogens (tertiary/aromatic N) is 3. The molecule has 0 saturated carbocycles. The molecule has 1 heterocycles. The van der Waals surface area contributed by atoms with E-state index >= 15 is 0 Å². The van der Waals surface area contributed by atoms with E-state index in [0.29, 0.717) is 18.9 Å². The summed E-state index contributed by atoms with van der Waals surface area (Å²) in [5.41, 5.74) is 0.121. The first kappa shape index (κ1) is 13.9. The highest BCUT2D eigenvalue weighted by molar-refractivity contribution is 5.86. The van der Waals surface area contributed by atoms with Gasteiger partial charge >= 0.3 is 11.9 Å². The fraction of sp³-hybridized carbons (Fsp3) is 0.455. The van der Waals surface area contributed by atoms with Crippen LogP contribution in [0, 0.1) is 0 Å². The van der Waals surface area contributed by atoms with Crippen LogP contribution < -0.4 is 4.90 Å². The van der Waals surface area contributed by atoms with Gasteiger partial charge in [0.15, 0.2) is 11.5 Å². The molecule has 1 aromatic rings. The Kier molecular flexibility index (Phi) is 5.04. The van der Waals surface area contributed by atoms with Crippen LogP contribution in [0.4, 0.5) is 5.82 Å². The van der Waals surface area contributed by atoms with Crippen LogP contribution in [0.1, 0.15) is 23.8 Å². The Bertz CT molecular complexity index is 419. The van der Waals surface area contributed by atoms with E-state index in [0.717, 1.165) is 0 Å². The van der Waals surface area contributed by atoms with Gasteiger partial charge in [0.2, 0.25) is 0 Å². The van der Waals surface area contributed by atoms with Gasteiger partial charge in [-0.05, 0) is 19.1 Å².